The van der Waals surface area contributed by atoms with Crippen LogP contribution in [-0.2, 0) is 22.4 Å². The van der Waals surface area contributed by atoms with Crippen LogP contribution < -0.4 is 15.7 Å². The summed E-state index contributed by atoms with van der Waals surface area (Å²) in [7, 11) is 0. The first-order valence-corrected chi connectivity index (χ1v) is 13.2. The molecular weight excluding hydrogens is 524 g/mol. The average Bonchev–Trinajstić information content (AvgIpc) is 3.32. The average molecular weight is 555 g/mol. The summed E-state index contributed by atoms with van der Waals surface area (Å²) in [6.07, 6.45) is 0.977. The number of carbonyl (C=O) groups excluding carboxylic acids is 1. The van der Waals surface area contributed by atoms with Crippen LogP contribution in [0, 0.1) is 13.8 Å². The van der Waals surface area contributed by atoms with Gasteiger partial charge >= 0.3 is 11.6 Å². The zero-order valence-electron chi connectivity index (χ0n) is 22.9. The van der Waals surface area contributed by atoms with Gasteiger partial charge < -0.3 is 29.7 Å². The number of nitrogens with one attached hydrogen (secondary N) is 2. The van der Waals surface area contributed by atoms with Gasteiger partial charge in [-0.05, 0) is 73.4 Å². The topological polar surface area (TPSA) is 142 Å². The van der Waals surface area contributed by atoms with Crippen LogP contribution in [0.25, 0.3) is 21.9 Å². The number of carboxylic acid groups (broad SMARTS) is 1. The first-order chi connectivity index (χ1) is 19.6. The standard InChI is InChI=1S/C32H30N2O7/c1-17-11-27(29-18(2)23(32(39)41-28(29)12-17)13-20-7-5-4-6-8-20)40-19(3)30(36)34-26(31(37)38)14-21-16-33-25-10-9-22(35)15-24(21)25/h4-12,15-16,19,26,33,35H,13-14H2,1-3H3,(H,34,36)(H,37,38). The molecule has 0 saturated carbocycles. The molecule has 9 heteroatoms. The molecule has 210 valence electrons. The molecule has 1 amide bonds. The third-order valence-corrected chi connectivity index (χ3v) is 7.17. The van der Waals surface area contributed by atoms with E-state index < -0.39 is 29.6 Å². The fourth-order valence-corrected chi connectivity index (χ4v) is 5.02. The maximum atomic E-state index is 13.2. The molecule has 0 aliphatic heterocycles. The van der Waals surface area contributed by atoms with Crippen LogP contribution >= 0.6 is 0 Å². The molecule has 3 aromatic carbocycles. The number of ether oxygens (including phenoxy) is 1. The Balaban J connectivity index is 1.40. The second-order valence-corrected chi connectivity index (χ2v) is 10.2. The van der Waals surface area contributed by atoms with Crippen LogP contribution in [0.3, 0.4) is 0 Å². The predicted octanol–water partition coefficient (Wildman–Crippen LogP) is 4.77. The SMILES string of the molecule is Cc1cc(OC(C)C(=O)NC(Cc2c[nH]c3ccc(O)cc23)C(=O)O)c2c(C)c(Cc3ccccc3)c(=O)oc2c1. The number of hydrogen-bond acceptors (Lipinski definition) is 6. The van der Waals surface area contributed by atoms with Gasteiger partial charge in [0, 0.05) is 35.5 Å². The molecule has 4 N–H and O–H groups in total. The molecule has 41 heavy (non-hydrogen) atoms. The molecule has 0 spiro atoms. The Morgan fingerprint density at radius 3 is 2.56 bits per heavy atom. The lowest BCUT2D eigenvalue weighted by molar-refractivity contribution is -0.142. The van der Waals surface area contributed by atoms with Gasteiger partial charge in [0.25, 0.3) is 5.91 Å². The number of carboxylic acids is 1. The Kier molecular flexibility index (Phi) is 7.52. The quantitative estimate of drug-likeness (QED) is 0.192. The highest BCUT2D eigenvalue weighted by molar-refractivity contribution is 5.91. The number of carbonyl (C=O) groups is 2. The normalized spacial score (nSPS) is 12.8. The number of amides is 1. The second-order valence-electron chi connectivity index (χ2n) is 10.2. The Morgan fingerprint density at radius 2 is 1.83 bits per heavy atom. The minimum absolute atomic E-state index is 0.00225. The van der Waals surface area contributed by atoms with Gasteiger partial charge in [0.05, 0.1) is 5.39 Å². The fourth-order valence-electron chi connectivity index (χ4n) is 5.02. The number of aromatic nitrogens is 1. The van der Waals surface area contributed by atoms with Crippen molar-refractivity contribution in [3.8, 4) is 11.5 Å². The zero-order valence-corrected chi connectivity index (χ0v) is 22.9. The zero-order chi connectivity index (χ0) is 29.3. The lowest BCUT2D eigenvalue weighted by Gasteiger charge is -2.20. The third-order valence-electron chi connectivity index (χ3n) is 7.17. The second kappa shape index (κ2) is 11.2. The van der Waals surface area contributed by atoms with Crippen molar-refractivity contribution in [2.45, 2.75) is 45.8 Å². The number of benzene rings is 3. The molecule has 0 bridgehead atoms. The number of aliphatic carboxylic acids is 1. The molecule has 0 radical (unpaired) electrons. The van der Waals surface area contributed by atoms with Gasteiger partial charge in [-0.1, -0.05) is 30.3 Å². The van der Waals surface area contributed by atoms with Crippen molar-refractivity contribution >= 4 is 33.7 Å². The molecule has 2 unspecified atom stereocenters. The first kappa shape index (κ1) is 27.5. The highest BCUT2D eigenvalue weighted by atomic mass is 16.5. The molecule has 5 rings (SSSR count). The largest absolute Gasteiger partial charge is 0.508 e. The molecule has 5 aromatic rings. The number of fused-ring (bicyclic) bond motifs is 2. The fraction of sp³-hybridized carbons (Fsp3) is 0.219. The van der Waals surface area contributed by atoms with Gasteiger partial charge in [0.15, 0.2) is 6.10 Å². The van der Waals surface area contributed by atoms with E-state index in [1.54, 1.807) is 30.5 Å². The summed E-state index contributed by atoms with van der Waals surface area (Å²) >= 11 is 0. The van der Waals surface area contributed by atoms with Crippen molar-refractivity contribution in [1.29, 1.82) is 0 Å². The molecule has 0 fully saturated rings. The molecule has 0 aliphatic carbocycles. The number of phenolic OH excluding ortho intramolecular Hbond substituents is 1. The Morgan fingerprint density at radius 1 is 1.07 bits per heavy atom. The summed E-state index contributed by atoms with van der Waals surface area (Å²) in [5, 5.41) is 23.5. The van der Waals surface area contributed by atoms with Crippen LogP contribution in [0.2, 0.25) is 0 Å². The minimum Gasteiger partial charge on any atom is -0.508 e. The van der Waals surface area contributed by atoms with E-state index in [9.17, 15) is 24.6 Å². The third kappa shape index (κ3) is 5.79. The number of aromatic hydroxyl groups is 1. The van der Waals surface area contributed by atoms with Gasteiger partial charge in [-0.25, -0.2) is 9.59 Å². The van der Waals surface area contributed by atoms with E-state index in [2.05, 4.69) is 10.3 Å². The van der Waals surface area contributed by atoms with Crippen molar-refractivity contribution in [3.05, 3.63) is 105 Å². The number of aromatic amines is 1. The van der Waals surface area contributed by atoms with Crippen LogP contribution in [0.5, 0.6) is 11.5 Å². The molecule has 0 aliphatic rings. The van der Waals surface area contributed by atoms with Gasteiger partial charge in [0.1, 0.15) is 23.1 Å². The number of hydrogen-bond donors (Lipinski definition) is 4. The summed E-state index contributed by atoms with van der Waals surface area (Å²) in [5.74, 6) is -1.41. The molecule has 2 heterocycles. The van der Waals surface area contributed by atoms with Gasteiger partial charge in [-0.15, -0.1) is 0 Å². The summed E-state index contributed by atoms with van der Waals surface area (Å²) in [4.78, 5) is 41.2. The summed E-state index contributed by atoms with van der Waals surface area (Å²) < 4.78 is 11.8. The van der Waals surface area contributed by atoms with Crippen molar-refractivity contribution < 1.29 is 29.0 Å². The molecule has 2 atom stereocenters. The van der Waals surface area contributed by atoms with Crippen LogP contribution in [0.4, 0.5) is 0 Å². The monoisotopic (exact) mass is 554 g/mol. The minimum atomic E-state index is -1.23. The lowest BCUT2D eigenvalue weighted by atomic mass is 9.98. The van der Waals surface area contributed by atoms with E-state index in [0.29, 0.717) is 45.2 Å². The molecule has 9 nitrogen and oxygen atoms in total. The Hall–Kier alpha value is -5.05. The predicted molar refractivity (Wildman–Crippen MR) is 155 cm³/mol. The molecule has 2 aromatic heterocycles. The number of aryl methyl sites for hydroxylation is 2. The van der Waals surface area contributed by atoms with Crippen LogP contribution in [0.1, 0.15) is 34.7 Å². The van der Waals surface area contributed by atoms with Crippen molar-refractivity contribution in [1.82, 2.24) is 10.3 Å². The van der Waals surface area contributed by atoms with Crippen molar-refractivity contribution in [2.24, 2.45) is 0 Å². The number of H-pyrrole nitrogens is 1. The van der Waals surface area contributed by atoms with Gasteiger partial charge in [0.2, 0.25) is 0 Å². The van der Waals surface area contributed by atoms with E-state index in [-0.39, 0.29) is 12.2 Å². The van der Waals surface area contributed by atoms with Crippen LogP contribution in [0.15, 0.2) is 76.1 Å². The van der Waals surface area contributed by atoms with Crippen molar-refractivity contribution in [2.75, 3.05) is 0 Å². The van der Waals surface area contributed by atoms with E-state index in [4.69, 9.17) is 9.15 Å². The van der Waals surface area contributed by atoms with E-state index in [0.717, 1.165) is 16.6 Å². The number of rotatable bonds is 9. The summed E-state index contributed by atoms with van der Waals surface area (Å²) in [6, 6.07) is 16.6. The Bertz CT molecular complexity index is 1820. The Labute approximate surface area is 235 Å². The van der Waals surface area contributed by atoms with Crippen LogP contribution in [-0.4, -0.2) is 39.2 Å². The van der Waals surface area contributed by atoms with Crippen molar-refractivity contribution in [3.63, 3.8) is 0 Å². The van der Waals surface area contributed by atoms with Gasteiger partial charge in [-0.2, -0.15) is 0 Å². The molecule has 0 saturated heterocycles. The maximum absolute atomic E-state index is 13.2. The highest BCUT2D eigenvalue weighted by Gasteiger charge is 2.26. The summed E-state index contributed by atoms with van der Waals surface area (Å²) in [6.45, 7) is 5.18. The first-order valence-electron chi connectivity index (χ1n) is 13.2. The smallest absolute Gasteiger partial charge is 0.340 e. The number of phenols is 1. The highest BCUT2D eigenvalue weighted by Crippen LogP contribution is 2.32. The van der Waals surface area contributed by atoms with E-state index in [1.807, 2.05) is 44.2 Å². The summed E-state index contributed by atoms with van der Waals surface area (Å²) in [5.41, 5.74) is 4.19. The molecular formula is C32H30N2O7. The lowest BCUT2D eigenvalue weighted by Crippen LogP contribution is -2.47. The van der Waals surface area contributed by atoms with Gasteiger partial charge in [-0.3, -0.25) is 4.79 Å². The van der Waals surface area contributed by atoms with E-state index in [1.165, 1.54) is 13.0 Å². The van der Waals surface area contributed by atoms with E-state index >= 15 is 0 Å². The maximum Gasteiger partial charge on any atom is 0.340 e.